The average molecular weight is 388 g/mol. The van der Waals surface area contributed by atoms with Gasteiger partial charge in [-0.05, 0) is 68.1 Å². The molecule has 0 spiro atoms. The fourth-order valence-corrected chi connectivity index (χ4v) is 4.27. The number of amidine groups is 1. The van der Waals surface area contributed by atoms with Crippen molar-refractivity contribution in [1.82, 2.24) is 9.47 Å². The van der Waals surface area contributed by atoms with Crippen LogP contribution >= 0.6 is 11.8 Å². The van der Waals surface area contributed by atoms with E-state index >= 15 is 0 Å². The second-order valence-corrected chi connectivity index (χ2v) is 7.47. The molecule has 1 aliphatic heterocycles. The van der Waals surface area contributed by atoms with Gasteiger partial charge in [-0.15, -0.1) is 0 Å². The molecule has 28 heavy (non-hydrogen) atoms. The van der Waals surface area contributed by atoms with E-state index in [0.717, 1.165) is 27.9 Å². The molecule has 2 aromatic carbocycles. The van der Waals surface area contributed by atoms with Crippen molar-refractivity contribution in [2.75, 3.05) is 6.54 Å². The molecule has 4 rings (SSSR count). The number of carbonyl (C=O) groups is 1. The maximum Gasteiger partial charge on any atom is 0.266 e. The van der Waals surface area contributed by atoms with Gasteiger partial charge in [-0.2, -0.15) is 0 Å². The topological polar surface area (TPSA) is 37.6 Å². The first kappa shape index (κ1) is 18.3. The molecule has 140 valence electrons. The van der Waals surface area contributed by atoms with E-state index in [1.54, 1.807) is 4.90 Å². The number of carbonyl (C=O) groups excluding carboxylic acids is 1. The van der Waals surface area contributed by atoms with Crippen molar-refractivity contribution in [3.63, 3.8) is 0 Å². The lowest BCUT2D eigenvalue weighted by Crippen LogP contribution is -2.28. The van der Waals surface area contributed by atoms with Gasteiger partial charge < -0.3 is 4.57 Å². The first-order chi connectivity index (χ1) is 13.7. The van der Waals surface area contributed by atoms with Gasteiger partial charge in [0.05, 0.1) is 10.6 Å². The Balaban J connectivity index is 1.72. The molecule has 2 heterocycles. The van der Waals surface area contributed by atoms with E-state index in [0.29, 0.717) is 11.4 Å². The van der Waals surface area contributed by atoms with E-state index in [1.807, 2.05) is 67.6 Å². The quantitative estimate of drug-likeness (QED) is 0.561. The van der Waals surface area contributed by atoms with E-state index in [4.69, 9.17) is 0 Å². The summed E-state index contributed by atoms with van der Waals surface area (Å²) >= 11 is 1.43. The van der Waals surface area contributed by atoms with Crippen molar-refractivity contribution in [2.45, 2.75) is 13.8 Å². The number of hydrogen-bond donors (Lipinski definition) is 0. The van der Waals surface area contributed by atoms with Gasteiger partial charge in [-0.25, -0.2) is 4.99 Å². The molecule has 1 aliphatic rings. The Morgan fingerprint density at radius 1 is 0.964 bits per heavy atom. The summed E-state index contributed by atoms with van der Waals surface area (Å²) in [5.41, 5.74) is 4.04. The highest BCUT2D eigenvalue weighted by molar-refractivity contribution is 8.18. The molecule has 0 unspecified atom stereocenters. The third kappa shape index (κ3) is 3.53. The second kappa shape index (κ2) is 7.90. The molecule has 0 aliphatic carbocycles. The Morgan fingerprint density at radius 3 is 2.32 bits per heavy atom. The molecule has 1 aromatic heterocycles. The van der Waals surface area contributed by atoms with Crippen LogP contribution in [0.1, 0.15) is 18.3 Å². The highest BCUT2D eigenvalue weighted by atomic mass is 32.2. The van der Waals surface area contributed by atoms with Gasteiger partial charge in [0.15, 0.2) is 5.17 Å². The maximum absolute atomic E-state index is 12.9. The molecule has 0 bridgehead atoms. The summed E-state index contributed by atoms with van der Waals surface area (Å²) in [6.45, 7) is 4.63. The number of para-hydroxylation sites is 2. The van der Waals surface area contributed by atoms with E-state index < -0.39 is 0 Å². The molecule has 4 nitrogen and oxygen atoms in total. The summed E-state index contributed by atoms with van der Waals surface area (Å²) in [6.07, 6.45) is 1.96. The summed E-state index contributed by atoms with van der Waals surface area (Å²) in [7, 11) is 0. The molecule has 1 saturated heterocycles. The maximum atomic E-state index is 12.9. The largest absolute Gasteiger partial charge is 0.314 e. The van der Waals surface area contributed by atoms with Crippen molar-refractivity contribution in [2.24, 2.45) is 4.99 Å². The van der Waals surface area contributed by atoms with Crippen molar-refractivity contribution >= 4 is 34.6 Å². The lowest BCUT2D eigenvalue weighted by Gasteiger charge is -2.12. The van der Waals surface area contributed by atoms with Crippen LogP contribution in [0.4, 0.5) is 5.69 Å². The van der Waals surface area contributed by atoms with Crippen molar-refractivity contribution < 1.29 is 4.79 Å². The minimum absolute atomic E-state index is 0.000598. The van der Waals surface area contributed by atoms with Crippen LogP contribution < -0.4 is 0 Å². The predicted octanol–water partition coefficient (Wildman–Crippen LogP) is 5.41. The van der Waals surface area contributed by atoms with E-state index in [9.17, 15) is 4.79 Å². The fourth-order valence-electron chi connectivity index (χ4n) is 3.22. The van der Waals surface area contributed by atoms with E-state index in [2.05, 4.69) is 34.7 Å². The number of nitrogens with zero attached hydrogens (tertiary/aromatic N) is 3. The van der Waals surface area contributed by atoms with E-state index in [1.165, 1.54) is 11.8 Å². The number of hydrogen-bond acceptors (Lipinski definition) is 3. The number of aliphatic imine (C=N–C) groups is 1. The fraction of sp³-hybridized carbons (Fsp3) is 0.130. The van der Waals surface area contributed by atoms with Gasteiger partial charge in [0.2, 0.25) is 0 Å². The molecule has 1 amide bonds. The molecule has 3 aromatic rings. The summed E-state index contributed by atoms with van der Waals surface area (Å²) in [6, 6.07) is 24.0. The van der Waals surface area contributed by atoms with Crippen LogP contribution in [0.2, 0.25) is 0 Å². The molecular formula is C23H21N3OS. The predicted molar refractivity (Wildman–Crippen MR) is 117 cm³/mol. The van der Waals surface area contributed by atoms with E-state index in [-0.39, 0.29) is 5.91 Å². The van der Waals surface area contributed by atoms with Gasteiger partial charge in [0.1, 0.15) is 0 Å². The third-order valence-electron chi connectivity index (χ3n) is 4.58. The van der Waals surface area contributed by atoms with Crippen molar-refractivity contribution in [1.29, 1.82) is 0 Å². The zero-order valence-corrected chi connectivity index (χ0v) is 16.7. The monoisotopic (exact) mass is 387 g/mol. The SMILES string of the molecule is CCN1C(=O)/C(=C/c2ccc(C)n2-c2ccccc2)SC1=Nc1ccccc1. The Hall–Kier alpha value is -3.05. The van der Waals surface area contributed by atoms with Crippen LogP contribution in [0.15, 0.2) is 82.7 Å². The number of aryl methyl sites for hydroxylation is 1. The first-order valence-electron chi connectivity index (χ1n) is 9.26. The smallest absolute Gasteiger partial charge is 0.266 e. The van der Waals surface area contributed by atoms with Crippen LogP contribution in [0.3, 0.4) is 0 Å². The van der Waals surface area contributed by atoms with Gasteiger partial charge in [-0.3, -0.25) is 9.69 Å². The van der Waals surface area contributed by atoms with Gasteiger partial charge >= 0.3 is 0 Å². The second-order valence-electron chi connectivity index (χ2n) is 6.46. The standard InChI is InChI=1S/C23H21N3OS/c1-3-25-22(27)21(28-23(25)24-18-10-6-4-7-11-18)16-20-15-14-17(2)26(20)19-12-8-5-9-13-19/h4-16H,3H2,1-2H3/b21-16-,24-23?. The number of thioether (sulfide) groups is 1. The highest BCUT2D eigenvalue weighted by Crippen LogP contribution is 2.34. The molecule has 0 saturated carbocycles. The summed E-state index contributed by atoms with van der Waals surface area (Å²) in [4.78, 5) is 20.0. The molecular weight excluding hydrogens is 366 g/mol. The summed E-state index contributed by atoms with van der Waals surface area (Å²) in [5.74, 6) is 0.000598. The minimum Gasteiger partial charge on any atom is -0.314 e. The van der Waals surface area contributed by atoms with Crippen LogP contribution in [0.25, 0.3) is 11.8 Å². The molecule has 0 N–H and O–H groups in total. The van der Waals surface area contributed by atoms with Crippen LogP contribution in [0, 0.1) is 6.92 Å². The summed E-state index contributed by atoms with van der Waals surface area (Å²) in [5, 5.41) is 0.722. The Labute approximate surface area is 169 Å². The Morgan fingerprint density at radius 2 is 1.64 bits per heavy atom. The summed E-state index contributed by atoms with van der Waals surface area (Å²) < 4.78 is 2.16. The van der Waals surface area contributed by atoms with Crippen molar-refractivity contribution in [3.8, 4) is 5.69 Å². The van der Waals surface area contributed by atoms with Crippen LogP contribution in [0.5, 0.6) is 0 Å². The lowest BCUT2D eigenvalue weighted by molar-refractivity contribution is -0.122. The number of rotatable bonds is 4. The highest BCUT2D eigenvalue weighted by Gasteiger charge is 2.32. The zero-order chi connectivity index (χ0) is 19.5. The third-order valence-corrected chi connectivity index (χ3v) is 5.59. The lowest BCUT2D eigenvalue weighted by atomic mass is 10.3. The Bertz CT molecular complexity index is 1050. The van der Waals surface area contributed by atoms with Crippen LogP contribution in [-0.2, 0) is 4.79 Å². The number of amides is 1. The molecule has 0 radical (unpaired) electrons. The molecule has 5 heteroatoms. The van der Waals surface area contributed by atoms with Crippen LogP contribution in [-0.4, -0.2) is 27.1 Å². The average Bonchev–Trinajstić information content (AvgIpc) is 3.23. The minimum atomic E-state index is 0.000598. The van der Waals surface area contributed by atoms with Gasteiger partial charge in [0, 0.05) is 23.6 Å². The number of benzene rings is 2. The van der Waals surface area contributed by atoms with Crippen molar-refractivity contribution in [3.05, 3.63) is 89.1 Å². The first-order valence-corrected chi connectivity index (χ1v) is 10.1. The Kier molecular flexibility index (Phi) is 5.17. The van der Waals surface area contributed by atoms with Gasteiger partial charge in [0.25, 0.3) is 5.91 Å². The molecule has 0 atom stereocenters. The zero-order valence-electron chi connectivity index (χ0n) is 15.9. The normalized spacial score (nSPS) is 17.1. The number of likely N-dealkylation sites (N-methyl/N-ethyl adjacent to an activating group) is 1. The van der Waals surface area contributed by atoms with Gasteiger partial charge in [-0.1, -0.05) is 36.4 Å². The number of aromatic nitrogens is 1. The molecule has 1 fully saturated rings.